The number of likely N-dealkylation sites (N-methyl/N-ethyl adjacent to an activating group) is 1. The summed E-state index contributed by atoms with van der Waals surface area (Å²) in [5.41, 5.74) is 1.41. The predicted molar refractivity (Wildman–Crippen MR) is 128 cm³/mol. The van der Waals surface area contributed by atoms with Gasteiger partial charge in [0, 0.05) is 22.2 Å². The van der Waals surface area contributed by atoms with E-state index in [9.17, 15) is 5.11 Å². The van der Waals surface area contributed by atoms with E-state index in [-0.39, 0.29) is 0 Å². The minimum Gasteiger partial charge on any atom is -0.494 e. The number of benzene rings is 2. The Bertz CT molecular complexity index is 764. The van der Waals surface area contributed by atoms with Crippen LogP contribution in [0.5, 0.6) is 5.75 Å². The van der Waals surface area contributed by atoms with E-state index in [1.807, 2.05) is 30.3 Å². The molecule has 0 aromatic heterocycles. The Morgan fingerprint density at radius 3 is 2.33 bits per heavy atom. The van der Waals surface area contributed by atoms with Gasteiger partial charge in [-0.15, -0.1) is 6.58 Å². The van der Waals surface area contributed by atoms with Crippen molar-refractivity contribution in [1.82, 2.24) is 4.90 Å². The lowest BCUT2D eigenvalue weighted by Crippen LogP contribution is -2.19. The van der Waals surface area contributed by atoms with E-state index < -0.39 is 6.10 Å². The van der Waals surface area contributed by atoms with Gasteiger partial charge >= 0.3 is 0 Å². The van der Waals surface area contributed by atoms with Crippen LogP contribution in [-0.4, -0.2) is 36.8 Å². The van der Waals surface area contributed by atoms with Crippen molar-refractivity contribution in [3.63, 3.8) is 0 Å². The summed E-state index contributed by atoms with van der Waals surface area (Å²) in [4.78, 5) is 2.30. The molecule has 0 radical (unpaired) electrons. The summed E-state index contributed by atoms with van der Waals surface area (Å²) in [5.74, 6) is 0.818. The number of unbranched alkanes of at least 4 members (excludes halogenated alkanes) is 5. The van der Waals surface area contributed by atoms with Crippen molar-refractivity contribution >= 4 is 23.2 Å². The summed E-state index contributed by atoms with van der Waals surface area (Å²) in [5, 5.41) is 11.6. The highest BCUT2D eigenvalue weighted by molar-refractivity contribution is 6.35. The first-order valence-corrected chi connectivity index (χ1v) is 11.4. The largest absolute Gasteiger partial charge is 0.494 e. The molecule has 1 unspecified atom stereocenters. The summed E-state index contributed by atoms with van der Waals surface area (Å²) in [6.07, 6.45) is 8.47. The van der Waals surface area contributed by atoms with Crippen LogP contribution in [-0.2, 0) is 0 Å². The first kappa shape index (κ1) is 24.7. The molecule has 0 saturated carbocycles. The number of ether oxygens (including phenoxy) is 1. The zero-order chi connectivity index (χ0) is 21.8. The highest BCUT2D eigenvalue weighted by Crippen LogP contribution is 2.31. The van der Waals surface area contributed by atoms with E-state index in [4.69, 9.17) is 27.9 Å². The molecule has 1 atom stereocenters. The third kappa shape index (κ3) is 8.69. The maximum absolute atomic E-state index is 10.6. The standard InChI is InChI=1S/C25H33Cl2NO2/c1-3-16-28(2)17-8-6-4-5-7-9-18-30-22-13-10-20(11-14-22)25(29)23-15-12-21(26)19-24(23)27/h3,10-15,19,25,29H,1,4-9,16-18H2,2H3. The second kappa shape index (κ2) is 13.7. The highest BCUT2D eigenvalue weighted by atomic mass is 35.5. The fraction of sp³-hybridized carbons (Fsp3) is 0.440. The van der Waals surface area contributed by atoms with E-state index >= 15 is 0 Å². The smallest absolute Gasteiger partial charge is 0.119 e. The summed E-state index contributed by atoms with van der Waals surface area (Å²) in [6, 6.07) is 12.6. The fourth-order valence-electron chi connectivity index (χ4n) is 3.34. The average Bonchev–Trinajstić information content (AvgIpc) is 2.73. The molecule has 0 amide bonds. The Morgan fingerprint density at radius 2 is 1.67 bits per heavy atom. The van der Waals surface area contributed by atoms with Gasteiger partial charge in [-0.05, 0) is 56.3 Å². The molecular weight excluding hydrogens is 417 g/mol. The molecule has 5 heteroatoms. The van der Waals surface area contributed by atoms with Crippen LogP contribution >= 0.6 is 23.2 Å². The molecule has 0 aliphatic heterocycles. The van der Waals surface area contributed by atoms with Crippen LogP contribution < -0.4 is 4.74 Å². The summed E-state index contributed by atoms with van der Waals surface area (Å²) in [6.45, 7) is 6.59. The SMILES string of the molecule is C=CCN(C)CCCCCCCCOc1ccc(C(O)c2ccc(Cl)cc2Cl)cc1. The number of hydrogen-bond donors (Lipinski definition) is 1. The molecule has 2 rings (SSSR count). The van der Waals surface area contributed by atoms with E-state index in [1.165, 1.54) is 32.1 Å². The van der Waals surface area contributed by atoms with Gasteiger partial charge in [0.25, 0.3) is 0 Å². The van der Waals surface area contributed by atoms with Gasteiger partial charge in [0.15, 0.2) is 0 Å². The van der Waals surface area contributed by atoms with Gasteiger partial charge in [0.2, 0.25) is 0 Å². The minimum absolute atomic E-state index is 0.458. The van der Waals surface area contributed by atoms with Crippen LogP contribution in [0.15, 0.2) is 55.1 Å². The zero-order valence-corrected chi connectivity index (χ0v) is 19.3. The lowest BCUT2D eigenvalue weighted by Gasteiger charge is -2.14. The maximum Gasteiger partial charge on any atom is 0.119 e. The lowest BCUT2D eigenvalue weighted by atomic mass is 10.0. The number of aliphatic hydroxyl groups is 1. The number of aliphatic hydroxyl groups excluding tert-OH is 1. The van der Waals surface area contributed by atoms with Gasteiger partial charge < -0.3 is 14.7 Å². The molecule has 0 aliphatic rings. The molecule has 2 aromatic carbocycles. The van der Waals surface area contributed by atoms with Gasteiger partial charge in [-0.2, -0.15) is 0 Å². The molecule has 3 nitrogen and oxygen atoms in total. The normalized spacial score (nSPS) is 12.2. The zero-order valence-electron chi connectivity index (χ0n) is 17.8. The second-order valence-corrected chi connectivity index (χ2v) is 8.50. The quantitative estimate of drug-likeness (QED) is 0.251. The van der Waals surface area contributed by atoms with Gasteiger partial charge in [-0.1, -0.05) is 73.2 Å². The summed E-state index contributed by atoms with van der Waals surface area (Å²) in [7, 11) is 2.14. The highest BCUT2D eigenvalue weighted by Gasteiger charge is 2.14. The third-order valence-electron chi connectivity index (χ3n) is 5.10. The lowest BCUT2D eigenvalue weighted by molar-refractivity contribution is 0.220. The average molecular weight is 450 g/mol. The van der Waals surface area contributed by atoms with Gasteiger partial charge in [0.1, 0.15) is 11.9 Å². The van der Waals surface area contributed by atoms with Crippen LogP contribution in [0, 0.1) is 0 Å². The van der Waals surface area contributed by atoms with Crippen molar-refractivity contribution in [2.75, 3.05) is 26.7 Å². The molecule has 0 spiro atoms. The van der Waals surface area contributed by atoms with Crippen LogP contribution in [0.1, 0.15) is 55.8 Å². The monoisotopic (exact) mass is 449 g/mol. The minimum atomic E-state index is -0.791. The van der Waals surface area contributed by atoms with Crippen molar-refractivity contribution in [2.45, 2.75) is 44.6 Å². The number of hydrogen-bond acceptors (Lipinski definition) is 3. The summed E-state index contributed by atoms with van der Waals surface area (Å²) >= 11 is 12.1. The van der Waals surface area contributed by atoms with Crippen molar-refractivity contribution in [1.29, 1.82) is 0 Å². The van der Waals surface area contributed by atoms with E-state index in [1.54, 1.807) is 18.2 Å². The van der Waals surface area contributed by atoms with Gasteiger partial charge in [-0.3, -0.25) is 0 Å². The Kier molecular flexibility index (Phi) is 11.3. The summed E-state index contributed by atoms with van der Waals surface area (Å²) < 4.78 is 5.83. The topological polar surface area (TPSA) is 32.7 Å². The van der Waals surface area contributed by atoms with E-state index in [0.29, 0.717) is 22.2 Å². The first-order chi connectivity index (χ1) is 14.5. The van der Waals surface area contributed by atoms with Gasteiger partial charge in [0.05, 0.1) is 6.61 Å². The third-order valence-corrected chi connectivity index (χ3v) is 5.66. The first-order valence-electron chi connectivity index (χ1n) is 10.7. The van der Waals surface area contributed by atoms with Crippen molar-refractivity contribution in [3.8, 4) is 5.75 Å². The molecule has 164 valence electrons. The number of nitrogens with zero attached hydrogens (tertiary/aromatic N) is 1. The Morgan fingerprint density at radius 1 is 1.00 bits per heavy atom. The van der Waals surface area contributed by atoms with E-state index in [2.05, 4.69) is 18.5 Å². The molecule has 0 bridgehead atoms. The van der Waals surface area contributed by atoms with Crippen LogP contribution in [0.3, 0.4) is 0 Å². The molecule has 0 aliphatic carbocycles. The molecule has 2 aromatic rings. The molecule has 0 fully saturated rings. The van der Waals surface area contributed by atoms with Crippen LogP contribution in [0.4, 0.5) is 0 Å². The Balaban J connectivity index is 1.62. The van der Waals surface area contributed by atoms with Crippen molar-refractivity contribution < 1.29 is 9.84 Å². The predicted octanol–water partition coefficient (Wildman–Crippen LogP) is 6.91. The second-order valence-electron chi connectivity index (χ2n) is 7.66. The molecular formula is C25H33Cl2NO2. The Hall–Kier alpha value is -1.52. The fourth-order valence-corrected chi connectivity index (χ4v) is 3.85. The Labute approximate surface area is 191 Å². The molecule has 30 heavy (non-hydrogen) atoms. The number of halogens is 2. The molecule has 1 N–H and O–H groups in total. The van der Waals surface area contributed by atoms with E-state index in [0.717, 1.165) is 30.8 Å². The number of rotatable bonds is 14. The van der Waals surface area contributed by atoms with Crippen molar-refractivity contribution in [2.24, 2.45) is 0 Å². The van der Waals surface area contributed by atoms with Gasteiger partial charge in [-0.25, -0.2) is 0 Å². The maximum atomic E-state index is 10.6. The molecule has 0 heterocycles. The van der Waals surface area contributed by atoms with Crippen molar-refractivity contribution in [3.05, 3.63) is 76.3 Å². The molecule has 0 saturated heterocycles. The van der Waals surface area contributed by atoms with Crippen LogP contribution in [0.2, 0.25) is 10.0 Å². The van der Waals surface area contributed by atoms with Crippen LogP contribution in [0.25, 0.3) is 0 Å².